The van der Waals surface area contributed by atoms with Crippen LogP contribution in [0, 0.1) is 5.92 Å². The van der Waals surface area contributed by atoms with Crippen molar-refractivity contribution in [1.82, 2.24) is 5.32 Å². The van der Waals surface area contributed by atoms with Crippen molar-refractivity contribution in [2.75, 3.05) is 26.9 Å². The number of hydrogen-bond acceptors (Lipinski definition) is 4. The molecule has 2 rings (SSSR count). The lowest BCUT2D eigenvalue weighted by molar-refractivity contribution is -0.125. The normalized spacial score (nSPS) is 31.7. The van der Waals surface area contributed by atoms with Crippen molar-refractivity contribution in [1.29, 1.82) is 0 Å². The van der Waals surface area contributed by atoms with E-state index in [1.54, 1.807) is 7.11 Å². The van der Waals surface area contributed by atoms with Gasteiger partial charge in [-0.3, -0.25) is 4.79 Å². The maximum absolute atomic E-state index is 12.0. The third kappa shape index (κ3) is 3.76. The van der Waals surface area contributed by atoms with Crippen LogP contribution >= 0.6 is 0 Å². The molecule has 0 spiro atoms. The summed E-state index contributed by atoms with van der Waals surface area (Å²) >= 11 is 0. The van der Waals surface area contributed by atoms with Crippen molar-refractivity contribution < 1.29 is 14.3 Å². The lowest BCUT2D eigenvalue weighted by Crippen LogP contribution is -2.40. The van der Waals surface area contributed by atoms with Gasteiger partial charge < -0.3 is 14.8 Å². The SMILES string of the molecule is COCCOCCC(=O)C1CC2CCC(C1)N2. The fourth-order valence-electron chi connectivity index (χ4n) is 2.94. The van der Waals surface area contributed by atoms with Gasteiger partial charge in [0.2, 0.25) is 0 Å². The van der Waals surface area contributed by atoms with Crippen molar-refractivity contribution in [3.8, 4) is 0 Å². The summed E-state index contributed by atoms with van der Waals surface area (Å²) in [6.45, 7) is 1.73. The van der Waals surface area contributed by atoms with Crippen LogP contribution in [-0.2, 0) is 14.3 Å². The molecule has 0 aliphatic carbocycles. The Balaban J connectivity index is 1.63. The molecule has 98 valence electrons. The van der Waals surface area contributed by atoms with Gasteiger partial charge in [0.1, 0.15) is 5.78 Å². The van der Waals surface area contributed by atoms with E-state index in [9.17, 15) is 4.79 Å². The van der Waals surface area contributed by atoms with Crippen molar-refractivity contribution >= 4 is 5.78 Å². The summed E-state index contributed by atoms with van der Waals surface area (Å²) in [6, 6.07) is 1.19. The van der Waals surface area contributed by atoms with E-state index in [0.717, 1.165) is 12.8 Å². The lowest BCUT2D eigenvalue weighted by Gasteiger charge is -2.28. The summed E-state index contributed by atoms with van der Waals surface area (Å²) in [5.74, 6) is 0.667. The van der Waals surface area contributed by atoms with Crippen molar-refractivity contribution in [2.24, 2.45) is 5.92 Å². The highest BCUT2D eigenvalue weighted by Gasteiger charge is 2.36. The minimum atomic E-state index is 0.278. The first-order valence-corrected chi connectivity index (χ1v) is 6.65. The van der Waals surface area contributed by atoms with Crippen molar-refractivity contribution in [2.45, 2.75) is 44.2 Å². The average Bonchev–Trinajstić information content (AvgIpc) is 2.67. The molecule has 4 heteroatoms. The zero-order valence-electron chi connectivity index (χ0n) is 10.6. The van der Waals surface area contributed by atoms with Gasteiger partial charge in [0, 0.05) is 31.5 Å². The molecule has 0 saturated carbocycles. The Morgan fingerprint density at radius 1 is 1.18 bits per heavy atom. The predicted octanol–water partition coefficient (Wildman–Crippen LogP) is 1.14. The van der Waals surface area contributed by atoms with Crippen LogP contribution < -0.4 is 5.32 Å². The van der Waals surface area contributed by atoms with Crippen LogP contribution in [0.2, 0.25) is 0 Å². The first-order valence-electron chi connectivity index (χ1n) is 6.65. The van der Waals surface area contributed by atoms with Crippen LogP contribution in [0.25, 0.3) is 0 Å². The highest BCUT2D eigenvalue weighted by molar-refractivity contribution is 5.81. The minimum Gasteiger partial charge on any atom is -0.382 e. The molecule has 0 aromatic heterocycles. The Morgan fingerprint density at radius 3 is 2.53 bits per heavy atom. The Kier molecular flexibility index (Phi) is 4.95. The number of fused-ring (bicyclic) bond motifs is 2. The number of methoxy groups -OCH3 is 1. The van der Waals surface area contributed by atoms with Crippen molar-refractivity contribution in [3.63, 3.8) is 0 Å². The molecule has 2 fully saturated rings. The smallest absolute Gasteiger partial charge is 0.138 e. The fourth-order valence-corrected chi connectivity index (χ4v) is 2.94. The van der Waals surface area contributed by atoms with E-state index in [0.29, 0.717) is 44.1 Å². The van der Waals surface area contributed by atoms with Crippen LogP contribution in [-0.4, -0.2) is 44.8 Å². The highest BCUT2D eigenvalue weighted by atomic mass is 16.5. The van der Waals surface area contributed by atoms with Gasteiger partial charge in [-0.15, -0.1) is 0 Å². The van der Waals surface area contributed by atoms with Gasteiger partial charge in [-0.2, -0.15) is 0 Å². The van der Waals surface area contributed by atoms with Gasteiger partial charge in [-0.25, -0.2) is 0 Å². The van der Waals surface area contributed by atoms with Crippen LogP contribution in [0.5, 0.6) is 0 Å². The Labute approximate surface area is 103 Å². The predicted molar refractivity (Wildman–Crippen MR) is 65.0 cm³/mol. The molecular formula is C13H23NO3. The Hall–Kier alpha value is -0.450. The monoisotopic (exact) mass is 241 g/mol. The third-order valence-corrected chi connectivity index (χ3v) is 3.85. The van der Waals surface area contributed by atoms with Crippen LogP contribution in [0.1, 0.15) is 32.1 Å². The number of carbonyl (C=O) groups excluding carboxylic acids is 1. The Morgan fingerprint density at radius 2 is 1.88 bits per heavy atom. The van der Waals surface area contributed by atoms with Gasteiger partial charge in [0.15, 0.2) is 0 Å². The topological polar surface area (TPSA) is 47.6 Å². The summed E-state index contributed by atoms with van der Waals surface area (Å²) < 4.78 is 10.2. The zero-order valence-corrected chi connectivity index (χ0v) is 10.6. The number of hydrogen-bond donors (Lipinski definition) is 1. The summed E-state index contributed by atoms with van der Waals surface area (Å²) in [5.41, 5.74) is 0. The molecule has 17 heavy (non-hydrogen) atoms. The van der Waals surface area contributed by atoms with E-state index in [1.165, 1.54) is 12.8 Å². The summed E-state index contributed by atoms with van der Waals surface area (Å²) in [7, 11) is 1.65. The van der Waals surface area contributed by atoms with Crippen LogP contribution in [0.15, 0.2) is 0 Å². The van der Waals surface area contributed by atoms with E-state index in [2.05, 4.69) is 5.32 Å². The Bertz CT molecular complexity index is 245. The van der Waals surface area contributed by atoms with Crippen LogP contribution in [0.4, 0.5) is 0 Å². The number of Topliss-reactive ketones (excluding diaryl/α,β-unsaturated/α-hetero) is 1. The van der Waals surface area contributed by atoms with Gasteiger partial charge in [0.25, 0.3) is 0 Å². The number of ether oxygens (including phenoxy) is 2. The molecule has 2 atom stereocenters. The first kappa shape index (κ1) is 13.0. The van der Waals surface area contributed by atoms with Gasteiger partial charge in [-0.05, 0) is 25.7 Å². The number of ketones is 1. The minimum absolute atomic E-state index is 0.278. The van der Waals surface area contributed by atoms with E-state index in [1.807, 2.05) is 0 Å². The number of rotatable bonds is 7. The van der Waals surface area contributed by atoms with E-state index in [-0.39, 0.29) is 5.92 Å². The molecule has 0 aromatic rings. The van der Waals surface area contributed by atoms with Gasteiger partial charge >= 0.3 is 0 Å². The number of carbonyl (C=O) groups is 1. The molecule has 4 nitrogen and oxygen atoms in total. The molecule has 2 saturated heterocycles. The van der Waals surface area contributed by atoms with E-state index >= 15 is 0 Å². The molecule has 1 N–H and O–H groups in total. The molecule has 0 amide bonds. The average molecular weight is 241 g/mol. The lowest BCUT2D eigenvalue weighted by atomic mass is 9.88. The second kappa shape index (κ2) is 6.47. The molecule has 2 heterocycles. The van der Waals surface area contributed by atoms with E-state index < -0.39 is 0 Å². The van der Waals surface area contributed by atoms with Crippen molar-refractivity contribution in [3.05, 3.63) is 0 Å². The maximum Gasteiger partial charge on any atom is 0.138 e. The molecule has 2 aliphatic heterocycles. The summed E-state index contributed by atoms with van der Waals surface area (Å²) in [4.78, 5) is 12.0. The molecular weight excluding hydrogens is 218 g/mol. The largest absolute Gasteiger partial charge is 0.382 e. The van der Waals surface area contributed by atoms with Gasteiger partial charge in [-0.1, -0.05) is 0 Å². The molecule has 2 aliphatic rings. The molecule has 0 radical (unpaired) electrons. The van der Waals surface area contributed by atoms with E-state index in [4.69, 9.17) is 9.47 Å². The summed E-state index contributed by atoms with van der Waals surface area (Å²) in [5, 5.41) is 3.56. The summed E-state index contributed by atoms with van der Waals surface area (Å²) in [6.07, 6.45) is 5.13. The third-order valence-electron chi connectivity index (χ3n) is 3.85. The standard InChI is InChI=1S/C13H23NO3/c1-16-6-7-17-5-4-13(15)10-8-11-2-3-12(9-10)14-11/h10-12,14H,2-9H2,1H3. The van der Waals surface area contributed by atoms with Crippen LogP contribution in [0.3, 0.4) is 0 Å². The highest BCUT2D eigenvalue weighted by Crippen LogP contribution is 2.31. The zero-order chi connectivity index (χ0) is 12.1. The first-order chi connectivity index (χ1) is 8.29. The second-order valence-corrected chi connectivity index (χ2v) is 5.13. The second-order valence-electron chi connectivity index (χ2n) is 5.13. The fraction of sp³-hybridized carbons (Fsp3) is 0.923. The number of nitrogens with one attached hydrogen (secondary N) is 1. The maximum atomic E-state index is 12.0. The van der Waals surface area contributed by atoms with Gasteiger partial charge in [0.05, 0.1) is 19.8 Å². The quantitative estimate of drug-likeness (QED) is 0.679. The number of piperidine rings is 1. The molecule has 2 bridgehead atoms. The molecule has 0 aromatic carbocycles. The molecule has 2 unspecified atom stereocenters.